The molecule has 0 saturated heterocycles. The molecule has 1 aromatic carbocycles. The fourth-order valence-corrected chi connectivity index (χ4v) is 1.36. The third-order valence-corrected chi connectivity index (χ3v) is 2.44. The van der Waals surface area contributed by atoms with Crippen LogP contribution in [0.4, 0.5) is 18.9 Å². The number of hydrogen-bond acceptors (Lipinski definition) is 3. The number of benzene rings is 1. The zero-order chi connectivity index (χ0) is 14.3. The average molecular weight is 277 g/mol. The molecule has 1 rings (SSSR count). The second-order valence-corrected chi connectivity index (χ2v) is 4.09. The Hall–Kier alpha value is -1.43. The standard InChI is InChI=1S/C13H18F3NO2/c1-3-10(2)19-12-6-4-5-11(9-12)17-7-8-18-13(14,15)16/h4-6,9-10,17H,3,7-8H2,1-2H3. The minimum absolute atomic E-state index is 0.0757. The molecule has 0 saturated carbocycles. The van der Waals surface area contributed by atoms with Crippen molar-refractivity contribution in [3.8, 4) is 5.75 Å². The van der Waals surface area contributed by atoms with E-state index in [0.717, 1.165) is 6.42 Å². The van der Waals surface area contributed by atoms with E-state index in [1.165, 1.54) is 0 Å². The van der Waals surface area contributed by atoms with Crippen molar-refractivity contribution < 1.29 is 22.6 Å². The molecule has 3 nitrogen and oxygen atoms in total. The number of alkyl halides is 3. The first-order chi connectivity index (χ1) is 8.90. The highest BCUT2D eigenvalue weighted by molar-refractivity contribution is 5.48. The smallest absolute Gasteiger partial charge is 0.491 e. The van der Waals surface area contributed by atoms with Crippen molar-refractivity contribution >= 4 is 5.69 Å². The van der Waals surface area contributed by atoms with Gasteiger partial charge in [-0.1, -0.05) is 13.0 Å². The summed E-state index contributed by atoms with van der Waals surface area (Å²) in [7, 11) is 0. The first-order valence-corrected chi connectivity index (χ1v) is 6.12. The van der Waals surface area contributed by atoms with Crippen molar-refractivity contribution in [2.75, 3.05) is 18.5 Å². The topological polar surface area (TPSA) is 30.5 Å². The number of rotatable bonds is 7. The molecule has 0 amide bonds. The molecule has 0 aromatic heterocycles. The minimum atomic E-state index is -4.58. The summed E-state index contributed by atoms with van der Waals surface area (Å²) < 4.78 is 44.6. The van der Waals surface area contributed by atoms with Gasteiger partial charge in [0.1, 0.15) is 5.75 Å². The van der Waals surface area contributed by atoms with Crippen molar-refractivity contribution in [2.45, 2.75) is 32.7 Å². The van der Waals surface area contributed by atoms with Gasteiger partial charge in [0.15, 0.2) is 0 Å². The molecule has 19 heavy (non-hydrogen) atoms. The van der Waals surface area contributed by atoms with Crippen LogP contribution in [0.2, 0.25) is 0 Å². The van der Waals surface area contributed by atoms with Gasteiger partial charge in [0.25, 0.3) is 0 Å². The lowest BCUT2D eigenvalue weighted by Crippen LogP contribution is -2.19. The minimum Gasteiger partial charge on any atom is -0.491 e. The Morgan fingerprint density at radius 1 is 1.32 bits per heavy atom. The van der Waals surface area contributed by atoms with E-state index in [4.69, 9.17) is 4.74 Å². The van der Waals surface area contributed by atoms with Gasteiger partial charge in [-0.15, -0.1) is 13.2 Å². The van der Waals surface area contributed by atoms with Gasteiger partial charge in [-0.25, -0.2) is 0 Å². The Labute approximate surface area is 110 Å². The molecule has 6 heteroatoms. The van der Waals surface area contributed by atoms with Crippen molar-refractivity contribution in [1.29, 1.82) is 0 Å². The monoisotopic (exact) mass is 277 g/mol. The third kappa shape index (κ3) is 6.91. The number of ether oxygens (including phenoxy) is 2. The summed E-state index contributed by atoms with van der Waals surface area (Å²) in [5.74, 6) is 0.691. The summed E-state index contributed by atoms with van der Waals surface area (Å²) in [4.78, 5) is 0. The first kappa shape index (κ1) is 15.6. The quantitative estimate of drug-likeness (QED) is 0.769. The maximum absolute atomic E-state index is 11.8. The van der Waals surface area contributed by atoms with Gasteiger partial charge in [0.05, 0.1) is 12.7 Å². The summed E-state index contributed by atoms with van der Waals surface area (Å²) in [5.41, 5.74) is 0.701. The zero-order valence-electron chi connectivity index (χ0n) is 11.0. The molecule has 1 unspecified atom stereocenters. The van der Waals surface area contributed by atoms with Crippen LogP contribution < -0.4 is 10.1 Å². The van der Waals surface area contributed by atoms with E-state index in [-0.39, 0.29) is 12.6 Å². The van der Waals surface area contributed by atoms with Crippen LogP contribution in [0.15, 0.2) is 24.3 Å². The van der Waals surface area contributed by atoms with E-state index in [1.807, 2.05) is 19.9 Å². The van der Waals surface area contributed by atoms with E-state index < -0.39 is 13.0 Å². The normalized spacial score (nSPS) is 13.1. The maximum atomic E-state index is 11.8. The van der Waals surface area contributed by atoms with Crippen LogP contribution in [0.1, 0.15) is 20.3 Å². The van der Waals surface area contributed by atoms with E-state index in [1.54, 1.807) is 18.2 Å². The summed E-state index contributed by atoms with van der Waals surface area (Å²) in [5, 5.41) is 2.84. The van der Waals surface area contributed by atoms with Crippen LogP contribution in [-0.4, -0.2) is 25.6 Å². The number of halogens is 3. The Kier molecular flexibility index (Phi) is 5.95. The number of nitrogens with one attached hydrogen (secondary N) is 1. The van der Waals surface area contributed by atoms with Gasteiger partial charge in [0.2, 0.25) is 0 Å². The SMILES string of the molecule is CCC(C)Oc1cccc(NCCOC(F)(F)F)c1. The van der Waals surface area contributed by atoms with E-state index in [2.05, 4.69) is 10.1 Å². The molecule has 0 aliphatic heterocycles. The van der Waals surface area contributed by atoms with Gasteiger partial charge in [-0.3, -0.25) is 4.74 Å². The second kappa shape index (κ2) is 7.23. The molecule has 1 atom stereocenters. The lowest BCUT2D eigenvalue weighted by Gasteiger charge is -2.14. The summed E-state index contributed by atoms with van der Waals surface area (Å²) >= 11 is 0. The van der Waals surface area contributed by atoms with Gasteiger partial charge in [0, 0.05) is 18.3 Å². The lowest BCUT2D eigenvalue weighted by molar-refractivity contribution is -0.322. The van der Waals surface area contributed by atoms with Gasteiger partial charge in [-0.05, 0) is 25.5 Å². The number of hydrogen-bond donors (Lipinski definition) is 1. The molecule has 0 heterocycles. The highest BCUT2D eigenvalue weighted by Crippen LogP contribution is 2.19. The molecule has 0 aliphatic carbocycles. The van der Waals surface area contributed by atoms with Crippen molar-refractivity contribution in [3.63, 3.8) is 0 Å². The van der Waals surface area contributed by atoms with Crippen LogP contribution in [0.25, 0.3) is 0 Å². The lowest BCUT2D eigenvalue weighted by atomic mass is 10.2. The Balaban J connectivity index is 2.40. The van der Waals surface area contributed by atoms with Crippen LogP contribution >= 0.6 is 0 Å². The van der Waals surface area contributed by atoms with E-state index in [0.29, 0.717) is 11.4 Å². The highest BCUT2D eigenvalue weighted by Gasteiger charge is 2.28. The number of anilines is 1. The van der Waals surface area contributed by atoms with Crippen LogP contribution in [-0.2, 0) is 4.74 Å². The van der Waals surface area contributed by atoms with Crippen LogP contribution in [0, 0.1) is 0 Å². The molecule has 1 aromatic rings. The predicted octanol–water partition coefficient (Wildman–Crippen LogP) is 3.81. The molecule has 1 N–H and O–H groups in total. The fourth-order valence-electron chi connectivity index (χ4n) is 1.36. The Bertz CT molecular complexity index is 382. The molecular weight excluding hydrogens is 259 g/mol. The second-order valence-electron chi connectivity index (χ2n) is 4.09. The summed E-state index contributed by atoms with van der Waals surface area (Å²) in [6.45, 7) is 3.62. The van der Waals surface area contributed by atoms with Gasteiger partial charge in [-0.2, -0.15) is 0 Å². The molecule has 0 aliphatic rings. The summed E-state index contributed by atoms with van der Waals surface area (Å²) in [6.07, 6.45) is -3.59. The van der Waals surface area contributed by atoms with E-state index in [9.17, 15) is 13.2 Å². The maximum Gasteiger partial charge on any atom is 0.522 e. The van der Waals surface area contributed by atoms with Crippen molar-refractivity contribution in [2.24, 2.45) is 0 Å². The Morgan fingerprint density at radius 3 is 2.68 bits per heavy atom. The van der Waals surface area contributed by atoms with Gasteiger partial charge < -0.3 is 10.1 Å². The molecule has 108 valence electrons. The highest BCUT2D eigenvalue weighted by atomic mass is 19.4. The average Bonchev–Trinajstić information content (AvgIpc) is 2.34. The Morgan fingerprint density at radius 2 is 2.05 bits per heavy atom. The van der Waals surface area contributed by atoms with Gasteiger partial charge >= 0.3 is 6.36 Å². The first-order valence-electron chi connectivity index (χ1n) is 6.12. The molecular formula is C13H18F3NO2. The predicted molar refractivity (Wildman–Crippen MR) is 67.3 cm³/mol. The van der Waals surface area contributed by atoms with Crippen molar-refractivity contribution in [1.82, 2.24) is 0 Å². The van der Waals surface area contributed by atoms with Crippen LogP contribution in [0.5, 0.6) is 5.75 Å². The fraction of sp³-hybridized carbons (Fsp3) is 0.538. The molecule has 0 bridgehead atoms. The third-order valence-electron chi connectivity index (χ3n) is 2.44. The molecule has 0 fully saturated rings. The summed E-state index contributed by atoms with van der Waals surface area (Å²) in [6, 6.07) is 7.10. The van der Waals surface area contributed by atoms with E-state index >= 15 is 0 Å². The largest absolute Gasteiger partial charge is 0.522 e. The zero-order valence-corrected chi connectivity index (χ0v) is 11.0. The molecule has 0 radical (unpaired) electrons. The molecule has 0 spiro atoms. The van der Waals surface area contributed by atoms with Crippen molar-refractivity contribution in [3.05, 3.63) is 24.3 Å². The van der Waals surface area contributed by atoms with Crippen LogP contribution in [0.3, 0.4) is 0 Å².